The van der Waals surface area contributed by atoms with E-state index in [0.29, 0.717) is 12.3 Å². The van der Waals surface area contributed by atoms with Crippen molar-refractivity contribution in [3.63, 3.8) is 0 Å². The summed E-state index contributed by atoms with van der Waals surface area (Å²) in [5.74, 6) is -2.76. The second kappa shape index (κ2) is 4.48. The van der Waals surface area contributed by atoms with Crippen molar-refractivity contribution in [1.29, 1.82) is 0 Å². The van der Waals surface area contributed by atoms with Gasteiger partial charge in [-0.15, -0.1) is 0 Å². The molecule has 1 aromatic heterocycles. The third-order valence-electron chi connectivity index (χ3n) is 1.86. The molecule has 8 heteroatoms. The van der Waals surface area contributed by atoms with Gasteiger partial charge >= 0.3 is 12.1 Å². The van der Waals surface area contributed by atoms with Gasteiger partial charge in [-0.3, -0.25) is 9.59 Å². The van der Waals surface area contributed by atoms with Crippen LogP contribution in [0, 0.1) is 0 Å². The number of amides is 1. The summed E-state index contributed by atoms with van der Waals surface area (Å²) in [4.78, 5) is 22.5. The number of halogens is 3. The topological polar surface area (TPSA) is 70.8 Å². The van der Waals surface area contributed by atoms with E-state index >= 15 is 0 Å². The van der Waals surface area contributed by atoms with Crippen molar-refractivity contribution in [2.75, 3.05) is 13.6 Å². The highest BCUT2D eigenvalue weighted by atomic mass is 19.4. The van der Waals surface area contributed by atoms with Gasteiger partial charge in [-0.05, 0) is 0 Å². The largest absolute Gasteiger partial charge is 0.480 e. The van der Waals surface area contributed by atoms with Crippen LogP contribution in [0.3, 0.4) is 0 Å². The Hall–Kier alpha value is -1.99. The first-order valence-corrected chi connectivity index (χ1v) is 4.35. The van der Waals surface area contributed by atoms with Crippen LogP contribution in [-0.4, -0.2) is 35.5 Å². The lowest BCUT2D eigenvalue weighted by molar-refractivity contribution is -0.138. The molecule has 1 N–H and O–H groups in total. The maximum absolute atomic E-state index is 12.2. The standard InChI is InChI=1S/C9H8F3NO4/c1-13(3-7(14)15)8(16)6-2-5(4-17-6)9(10,11)12/h2,4H,3H2,1H3,(H,14,15). The number of hydrogen-bond donors (Lipinski definition) is 1. The summed E-state index contributed by atoms with van der Waals surface area (Å²) < 4.78 is 41.0. The Labute approximate surface area is 93.4 Å². The molecule has 0 spiro atoms. The second-order valence-corrected chi connectivity index (χ2v) is 3.25. The number of rotatable bonds is 3. The normalized spacial score (nSPS) is 11.3. The molecule has 1 amide bonds. The molecular formula is C9H8F3NO4. The molecule has 0 aliphatic rings. The van der Waals surface area contributed by atoms with E-state index in [4.69, 9.17) is 5.11 Å². The van der Waals surface area contributed by atoms with Crippen LogP contribution in [0.15, 0.2) is 16.7 Å². The van der Waals surface area contributed by atoms with Gasteiger partial charge in [-0.25, -0.2) is 0 Å². The number of nitrogens with zero attached hydrogens (tertiary/aromatic N) is 1. The van der Waals surface area contributed by atoms with Crippen LogP contribution in [-0.2, 0) is 11.0 Å². The van der Waals surface area contributed by atoms with Crippen LogP contribution in [0.2, 0.25) is 0 Å². The molecule has 0 aromatic carbocycles. The van der Waals surface area contributed by atoms with Crippen LogP contribution in [0.4, 0.5) is 13.2 Å². The molecule has 0 bridgehead atoms. The number of furan rings is 1. The highest BCUT2D eigenvalue weighted by molar-refractivity contribution is 5.93. The Morgan fingerprint density at radius 3 is 2.47 bits per heavy atom. The van der Waals surface area contributed by atoms with E-state index in [1.807, 2.05) is 0 Å². The van der Waals surface area contributed by atoms with Gasteiger partial charge in [0.1, 0.15) is 12.8 Å². The highest BCUT2D eigenvalue weighted by Crippen LogP contribution is 2.30. The summed E-state index contributed by atoms with van der Waals surface area (Å²) in [7, 11) is 1.15. The molecule has 17 heavy (non-hydrogen) atoms. The summed E-state index contributed by atoms with van der Waals surface area (Å²) in [6, 6.07) is 0.528. The molecule has 0 radical (unpaired) electrons. The zero-order valence-electron chi connectivity index (χ0n) is 8.61. The molecule has 5 nitrogen and oxygen atoms in total. The predicted molar refractivity (Wildman–Crippen MR) is 48.3 cm³/mol. The molecule has 1 rings (SSSR count). The third-order valence-corrected chi connectivity index (χ3v) is 1.86. The van der Waals surface area contributed by atoms with Crippen LogP contribution in [0.25, 0.3) is 0 Å². The summed E-state index contributed by atoms with van der Waals surface area (Å²) in [5, 5.41) is 8.41. The number of likely N-dealkylation sites (N-methyl/N-ethyl adjacent to an activating group) is 1. The molecule has 0 aliphatic carbocycles. The molecule has 0 saturated carbocycles. The first-order chi connectivity index (χ1) is 7.71. The van der Waals surface area contributed by atoms with Gasteiger partial charge in [-0.2, -0.15) is 13.2 Å². The number of carboxylic acid groups (broad SMARTS) is 1. The molecule has 0 unspecified atom stereocenters. The molecule has 0 fully saturated rings. The van der Waals surface area contributed by atoms with Crippen molar-refractivity contribution < 1.29 is 32.3 Å². The lowest BCUT2D eigenvalue weighted by Crippen LogP contribution is -2.31. The van der Waals surface area contributed by atoms with E-state index in [9.17, 15) is 22.8 Å². The number of aliphatic carboxylic acids is 1. The quantitative estimate of drug-likeness (QED) is 0.882. The smallest absolute Gasteiger partial charge is 0.419 e. The number of carbonyl (C=O) groups is 2. The molecule has 94 valence electrons. The van der Waals surface area contributed by atoms with Crippen molar-refractivity contribution in [2.45, 2.75) is 6.18 Å². The lowest BCUT2D eigenvalue weighted by Gasteiger charge is -2.11. The van der Waals surface area contributed by atoms with E-state index < -0.39 is 35.9 Å². The summed E-state index contributed by atoms with van der Waals surface area (Å²) in [6.07, 6.45) is -4.20. The molecule has 0 atom stereocenters. The van der Waals surface area contributed by atoms with Crippen LogP contribution in [0.1, 0.15) is 16.1 Å². The fourth-order valence-electron chi connectivity index (χ4n) is 1.06. The van der Waals surface area contributed by atoms with Gasteiger partial charge in [0.05, 0.1) is 5.56 Å². The van der Waals surface area contributed by atoms with Gasteiger partial charge in [-0.1, -0.05) is 0 Å². The Kier molecular flexibility index (Phi) is 3.45. The number of hydrogen-bond acceptors (Lipinski definition) is 3. The minimum Gasteiger partial charge on any atom is -0.480 e. The fourth-order valence-corrected chi connectivity index (χ4v) is 1.06. The van der Waals surface area contributed by atoms with Crippen LogP contribution < -0.4 is 0 Å². The van der Waals surface area contributed by atoms with Gasteiger partial charge in [0.25, 0.3) is 5.91 Å². The van der Waals surface area contributed by atoms with E-state index in [1.165, 1.54) is 0 Å². The van der Waals surface area contributed by atoms with Gasteiger partial charge < -0.3 is 14.4 Å². The van der Waals surface area contributed by atoms with Crippen molar-refractivity contribution in [3.05, 3.63) is 23.7 Å². The van der Waals surface area contributed by atoms with Crippen molar-refractivity contribution >= 4 is 11.9 Å². The molecule has 0 aliphatic heterocycles. The third kappa shape index (κ3) is 3.23. The summed E-state index contributed by atoms with van der Waals surface area (Å²) in [6.45, 7) is -0.624. The SMILES string of the molecule is CN(CC(=O)O)C(=O)c1cc(C(F)(F)F)co1. The predicted octanol–water partition coefficient (Wildman–Crippen LogP) is 1.46. The minimum atomic E-state index is -4.60. The molecule has 0 saturated heterocycles. The van der Waals surface area contributed by atoms with Crippen LogP contribution >= 0.6 is 0 Å². The Bertz CT molecular complexity index is 438. The number of carbonyl (C=O) groups excluding carboxylic acids is 1. The zero-order chi connectivity index (χ0) is 13.2. The number of carboxylic acids is 1. The average molecular weight is 251 g/mol. The zero-order valence-corrected chi connectivity index (χ0v) is 8.61. The summed E-state index contributed by atoms with van der Waals surface area (Å²) >= 11 is 0. The summed E-state index contributed by atoms with van der Waals surface area (Å²) in [5.41, 5.74) is -1.09. The Morgan fingerprint density at radius 2 is 2.06 bits per heavy atom. The monoisotopic (exact) mass is 251 g/mol. The van der Waals surface area contributed by atoms with Gasteiger partial charge in [0, 0.05) is 13.1 Å². The van der Waals surface area contributed by atoms with Gasteiger partial charge in [0.2, 0.25) is 0 Å². The average Bonchev–Trinajstić information content (AvgIpc) is 2.63. The maximum atomic E-state index is 12.2. The number of alkyl halides is 3. The Morgan fingerprint density at radius 1 is 1.47 bits per heavy atom. The first-order valence-electron chi connectivity index (χ1n) is 4.35. The van der Waals surface area contributed by atoms with Crippen molar-refractivity contribution in [1.82, 2.24) is 4.90 Å². The lowest BCUT2D eigenvalue weighted by atomic mass is 10.3. The van der Waals surface area contributed by atoms with Gasteiger partial charge in [0.15, 0.2) is 5.76 Å². The van der Waals surface area contributed by atoms with E-state index in [0.717, 1.165) is 11.9 Å². The second-order valence-electron chi connectivity index (χ2n) is 3.25. The fraction of sp³-hybridized carbons (Fsp3) is 0.333. The van der Waals surface area contributed by atoms with Crippen molar-refractivity contribution in [3.8, 4) is 0 Å². The first kappa shape index (κ1) is 13.1. The van der Waals surface area contributed by atoms with E-state index in [2.05, 4.69) is 4.42 Å². The highest BCUT2D eigenvalue weighted by Gasteiger charge is 2.34. The minimum absolute atomic E-state index is 0.405. The van der Waals surface area contributed by atoms with Crippen molar-refractivity contribution in [2.24, 2.45) is 0 Å². The molecule has 1 heterocycles. The molecular weight excluding hydrogens is 243 g/mol. The molecule has 1 aromatic rings. The van der Waals surface area contributed by atoms with E-state index in [1.54, 1.807) is 0 Å². The van der Waals surface area contributed by atoms with E-state index in [-0.39, 0.29) is 0 Å². The van der Waals surface area contributed by atoms with Crippen LogP contribution in [0.5, 0.6) is 0 Å². The Balaban J connectivity index is 2.84. The maximum Gasteiger partial charge on any atom is 0.419 e.